The van der Waals surface area contributed by atoms with E-state index in [1.807, 2.05) is 12.1 Å². The molecule has 2 aliphatic heterocycles. The standard InChI is InChI=1S/C31H20Cl3N3O3/c32-19-3-1-2-18(12-19)25-15-28(38)37-29(31(25)24-10-6-21(34)14-26(24)36-30(31)39)23-13-20(33)7-11-27(23)40-22-8-4-17(16-35)5-9-22/h1-14,25,29H,15H2,(H,36,39)(H,37,38)/t25-,29+,31?/m0/s1. The van der Waals surface area contributed by atoms with Crippen LogP contribution in [0.5, 0.6) is 11.5 Å². The molecule has 1 spiro atoms. The molecule has 0 saturated carbocycles. The third kappa shape index (κ3) is 4.37. The van der Waals surface area contributed by atoms with Crippen LogP contribution >= 0.6 is 34.8 Å². The molecule has 1 saturated heterocycles. The van der Waals surface area contributed by atoms with Crippen LogP contribution in [-0.4, -0.2) is 11.8 Å². The Morgan fingerprint density at radius 1 is 0.875 bits per heavy atom. The van der Waals surface area contributed by atoms with Crippen LogP contribution in [0.4, 0.5) is 5.69 Å². The van der Waals surface area contributed by atoms with Crippen molar-refractivity contribution in [2.75, 3.05) is 5.32 Å². The second-order valence-electron chi connectivity index (χ2n) is 9.75. The van der Waals surface area contributed by atoms with Gasteiger partial charge < -0.3 is 15.4 Å². The lowest BCUT2D eigenvalue weighted by Crippen LogP contribution is -2.56. The van der Waals surface area contributed by atoms with Gasteiger partial charge in [0.25, 0.3) is 0 Å². The molecular weight excluding hydrogens is 569 g/mol. The zero-order chi connectivity index (χ0) is 28.0. The summed E-state index contributed by atoms with van der Waals surface area (Å²) in [7, 11) is 0. The number of nitrogens with one attached hydrogen (secondary N) is 2. The highest BCUT2D eigenvalue weighted by Crippen LogP contribution is 2.58. The minimum absolute atomic E-state index is 0.0543. The second kappa shape index (κ2) is 10.2. The van der Waals surface area contributed by atoms with Crippen LogP contribution in [0.25, 0.3) is 0 Å². The highest BCUT2D eigenvalue weighted by atomic mass is 35.5. The molecule has 6 rings (SSSR count). The summed E-state index contributed by atoms with van der Waals surface area (Å²) in [5.74, 6) is -0.216. The summed E-state index contributed by atoms with van der Waals surface area (Å²) in [5, 5.41) is 16.6. The maximum atomic E-state index is 14.3. The summed E-state index contributed by atoms with van der Waals surface area (Å²) in [6.45, 7) is 0. The number of ether oxygens (including phenoxy) is 1. The summed E-state index contributed by atoms with van der Waals surface area (Å²) >= 11 is 19.2. The number of nitrogens with zero attached hydrogens (tertiary/aromatic N) is 1. The summed E-state index contributed by atoms with van der Waals surface area (Å²) in [6.07, 6.45) is 0.0543. The van der Waals surface area contributed by atoms with Crippen molar-refractivity contribution in [3.05, 3.63) is 122 Å². The van der Waals surface area contributed by atoms with E-state index in [0.717, 1.165) is 5.56 Å². The summed E-state index contributed by atoms with van der Waals surface area (Å²) < 4.78 is 6.26. The van der Waals surface area contributed by atoms with Gasteiger partial charge in [-0.3, -0.25) is 9.59 Å². The molecule has 4 aromatic carbocycles. The van der Waals surface area contributed by atoms with Crippen LogP contribution in [-0.2, 0) is 15.0 Å². The molecule has 0 radical (unpaired) electrons. The molecule has 40 heavy (non-hydrogen) atoms. The van der Waals surface area contributed by atoms with Gasteiger partial charge in [-0.1, -0.05) is 53.0 Å². The van der Waals surface area contributed by atoms with Crippen molar-refractivity contribution >= 4 is 52.3 Å². The first kappa shape index (κ1) is 26.2. The third-order valence-electron chi connectivity index (χ3n) is 7.50. The number of carbonyl (C=O) groups is 2. The van der Waals surface area contributed by atoms with Gasteiger partial charge >= 0.3 is 0 Å². The summed E-state index contributed by atoms with van der Waals surface area (Å²) in [4.78, 5) is 27.6. The van der Waals surface area contributed by atoms with Crippen molar-refractivity contribution in [2.24, 2.45) is 0 Å². The van der Waals surface area contributed by atoms with Gasteiger partial charge in [0, 0.05) is 38.7 Å². The molecular formula is C31H20Cl3N3O3. The second-order valence-corrected chi connectivity index (χ2v) is 11.1. The third-order valence-corrected chi connectivity index (χ3v) is 8.20. The van der Waals surface area contributed by atoms with Gasteiger partial charge in [-0.05, 0) is 77.9 Å². The van der Waals surface area contributed by atoms with Crippen molar-refractivity contribution in [1.29, 1.82) is 5.26 Å². The Kier molecular flexibility index (Phi) is 6.67. The van der Waals surface area contributed by atoms with E-state index in [9.17, 15) is 9.59 Å². The van der Waals surface area contributed by atoms with Crippen LogP contribution in [0.3, 0.4) is 0 Å². The molecule has 2 aliphatic rings. The topological polar surface area (TPSA) is 91.2 Å². The maximum absolute atomic E-state index is 14.3. The average molecular weight is 589 g/mol. The SMILES string of the molecule is N#Cc1ccc(Oc2ccc(Cl)cc2[C@H]2NC(=O)C[C@@H](c3cccc(Cl)c3)C23C(=O)Nc2cc(Cl)ccc23)cc1. The van der Waals surface area contributed by atoms with E-state index in [1.54, 1.807) is 72.8 Å². The highest BCUT2D eigenvalue weighted by Gasteiger charge is 2.61. The minimum Gasteiger partial charge on any atom is -0.457 e. The molecule has 6 nitrogen and oxygen atoms in total. The molecule has 9 heteroatoms. The predicted molar refractivity (Wildman–Crippen MR) is 154 cm³/mol. The van der Waals surface area contributed by atoms with Crippen molar-refractivity contribution < 1.29 is 14.3 Å². The number of carbonyl (C=O) groups excluding carboxylic acids is 2. The number of benzene rings is 4. The number of hydrogen-bond acceptors (Lipinski definition) is 4. The Bertz CT molecular complexity index is 1720. The zero-order valence-corrected chi connectivity index (χ0v) is 23.0. The van der Waals surface area contributed by atoms with Crippen molar-refractivity contribution in [2.45, 2.75) is 23.8 Å². The molecule has 2 amide bonds. The van der Waals surface area contributed by atoms with E-state index in [2.05, 4.69) is 16.7 Å². The fraction of sp³-hybridized carbons (Fsp3) is 0.129. The Morgan fingerprint density at radius 2 is 1.60 bits per heavy atom. The number of piperidine rings is 1. The van der Waals surface area contributed by atoms with Gasteiger partial charge in [0.1, 0.15) is 16.9 Å². The number of amides is 2. The van der Waals surface area contributed by atoms with Gasteiger partial charge in [-0.15, -0.1) is 0 Å². The Balaban J connectivity index is 1.58. The average Bonchev–Trinajstić information content (AvgIpc) is 3.22. The van der Waals surface area contributed by atoms with Crippen LogP contribution in [0.2, 0.25) is 15.1 Å². The fourth-order valence-electron chi connectivity index (χ4n) is 5.83. The zero-order valence-electron chi connectivity index (χ0n) is 20.8. The number of fused-ring (bicyclic) bond motifs is 2. The molecule has 2 heterocycles. The monoisotopic (exact) mass is 587 g/mol. The van der Waals surface area contributed by atoms with Crippen molar-refractivity contribution in [3.8, 4) is 17.6 Å². The normalized spacial score (nSPS) is 21.4. The lowest BCUT2D eigenvalue weighted by atomic mass is 9.59. The maximum Gasteiger partial charge on any atom is 0.238 e. The van der Waals surface area contributed by atoms with E-state index in [4.69, 9.17) is 44.8 Å². The molecule has 2 N–H and O–H groups in total. The molecule has 0 bridgehead atoms. The van der Waals surface area contributed by atoms with Crippen LogP contribution in [0, 0.1) is 11.3 Å². The first-order valence-electron chi connectivity index (χ1n) is 12.4. The van der Waals surface area contributed by atoms with E-state index < -0.39 is 17.4 Å². The largest absolute Gasteiger partial charge is 0.457 e. The van der Waals surface area contributed by atoms with E-state index in [0.29, 0.717) is 48.9 Å². The first-order valence-corrected chi connectivity index (χ1v) is 13.6. The van der Waals surface area contributed by atoms with Crippen LogP contribution < -0.4 is 15.4 Å². The number of anilines is 1. The smallest absolute Gasteiger partial charge is 0.238 e. The molecule has 0 aliphatic carbocycles. The molecule has 0 aromatic heterocycles. The highest BCUT2D eigenvalue weighted by molar-refractivity contribution is 6.31. The van der Waals surface area contributed by atoms with E-state index >= 15 is 0 Å². The molecule has 1 fully saturated rings. The fourth-order valence-corrected chi connectivity index (χ4v) is 6.38. The Labute approximate surface area is 245 Å². The summed E-state index contributed by atoms with van der Waals surface area (Å²) in [5.41, 5.74) is 1.75. The van der Waals surface area contributed by atoms with Crippen molar-refractivity contribution in [3.63, 3.8) is 0 Å². The molecule has 4 aromatic rings. The number of hydrogen-bond donors (Lipinski definition) is 2. The number of nitriles is 1. The number of rotatable bonds is 4. The van der Waals surface area contributed by atoms with Crippen molar-refractivity contribution in [1.82, 2.24) is 5.32 Å². The molecule has 1 unspecified atom stereocenters. The predicted octanol–water partition coefficient (Wildman–Crippen LogP) is 7.55. The summed E-state index contributed by atoms with van der Waals surface area (Å²) in [6, 6.07) is 25.4. The first-order chi connectivity index (χ1) is 19.3. The lowest BCUT2D eigenvalue weighted by molar-refractivity contribution is -0.131. The molecule has 198 valence electrons. The lowest BCUT2D eigenvalue weighted by Gasteiger charge is -2.46. The van der Waals surface area contributed by atoms with Gasteiger partial charge in [0.2, 0.25) is 11.8 Å². The van der Waals surface area contributed by atoms with E-state index in [1.165, 1.54) is 0 Å². The van der Waals surface area contributed by atoms with Gasteiger partial charge in [0.15, 0.2) is 0 Å². The van der Waals surface area contributed by atoms with Gasteiger partial charge in [-0.25, -0.2) is 0 Å². The quantitative estimate of drug-likeness (QED) is 0.258. The van der Waals surface area contributed by atoms with E-state index in [-0.39, 0.29) is 18.2 Å². The van der Waals surface area contributed by atoms with Crippen LogP contribution in [0.1, 0.15) is 40.6 Å². The Hall–Kier alpha value is -4.02. The minimum atomic E-state index is -1.29. The Morgan fingerprint density at radius 3 is 2.35 bits per heavy atom. The van der Waals surface area contributed by atoms with Crippen LogP contribution in [0.15, 0.2) is 84.9 Å². The molecule has 3 atom stereocenters. The number of halogens is 3. The van der Waals surface area contributed by atoms with Gasteiger partial charge in [-0.2, -0.15) is 5.26 Å². The van der Waals surface area contributed by atoms with Gasteiger partial charge in [0.05, 0.1) is 17.7 Å².